The first kappa shape index (κ1) is 15.2. The predicted molar refractivity (Wildman–Crippen MR) is 88.6 cm³/mol. The number of nitrogens with one attached hydrogen (secondary N) is 1. The van der Waals surface area contributed by atoms with E-state index in [1.54, 1.807) is 24.3 Å². The lowest BCUT2D eigenvalue weighted by Crippen LogP contribution is -2.11. The van der Waals surface area contributed by atoms with Gasteiger partial charge in [-0.05, 0) is 43.7 Å². The highest BCUT2D eigenvalue weighted by Crippen LogP contribution is 2.24. The van der Waals surface area contributed by atoms with Crippen molar-refractivity contribution in [2.24, 2.45) is 0 Å². The molecule has 1 heterocycles. The smallest absolute Gasteiger partial charge is 0.322 e. The predicted octanol–water partition coefficient (Wildman–Crippen LogP) is 4.26. The summed E-state index contributed by atoms with van der Waals surface area (Å²) >= 11 is 5.88. The largest absolute Gasteiger partial charge is 0.403 e. The number of benzene rings is 2. The van der Waals surface area contributed by atoms with Crippen LogP contribution in [0.15, 0.2) is 46.9 Å². The molecule has 1 N–H and O–H groups in total. The Kier molecular flexibility index (Phi) is 4.12. The summed E-state index contributed by atoms with van der Waals surface area (Å²) in [6.07, 6.45) is 0. The number of rotatable bonds is 3. The fourth-order valence-corrected chi connectivity index (χ4v) is 2.34. The van der Waals surface area contributed by atoms with Crippen LogP contribution in [0, 0.1) is 13.8 Å². The summed E-state index contributed by atoms with van der Waals surface area (Å²) in [5, 5.41) is 10.9. The van der Waals surface area contributed by atoms with E-state index in [9.17, 15) is 4.79 Å². The number of aromatic nitrogens is 2. The van der Waals surface area contributed by atoms with E-state index in [1.807, 2.05) is 32.0 Å². The molecule has 6 heteroatoms. The van der Waals surface area contributed by atoms with Crippen LogP contribution in [0.25, 0.3) is 11.5 Å². The Morgan fingerprint density at radius 1 is 1.13 bits per heavy atom. The Bertz CT molecular complexity index is 874. The SMILES string of the molecule is Cc1ccc(C)c(-c2nnc(NC(=O)c3cccc(Cl)c3)o2)c1. The average molecular weight is 328 g/mol. The van der Waals surface area contributed by atoms with E-state index >= 15 is 0 Å². The molecule has 1 amide bonds. The van der Waals surface area contributed by atoms with Crippen molar-refractivity contribution in [3.8, 4) is 11.5 Å². The molecule has 0 aliphatic heterocycles. The maximum absolute atomic E-state index is 12.1. The summed E-state index contributed by atoms with van der Waals surface area (Å²) in [4.78, 5) is 12.1. The van der Waals surface area contributed by atoms with E-state index in [0.717, 1.165) is 16.7 Å². The highest BCUT2D eigenvalue weighted by molar-refractivity contribution is 6.31. The number of hydrogen-bond acceptors (Lipinski definition) is 4. The van der Waals surface area contributed by atoms with Gasteiger partial charge >= 0.3 is 6.01 Å². The van der Waals surface area contributed by atoms with Gasteiger partial charge in [0.15, 0.2) is 0 Å². The maximum atomic E-state index is 12.1. The van der Waals surface area contributed by atoms with E-state index < -0.39 is 0 Å². The minimum atomic E-state index is -0.358. The molecule has 1 aromatic heterocycles. The van der Waals surface area contributed by atoms with Crippen molar-refractivity contribution in [1.82, 2.24) is 10.2 Å². The van der Waals surface area contributed by atoms with E-state index in [-0.39, 0.29) is 11.9 Å². The Balaban J connectivity index is 1.82. The highest BCUT2D eigenvalue weighted by Gasteiger charge is 2.14. The zero-order valence-corrected chi connectivity index (χ0v) is 13.4. The van der Waals surface area contributed by atoms with Crippen LogP contribution in [-0.4, -0.2) is 16.1 Å². The van der Waals surface area contributed by atoms with Crippen LogP contribution < -0.4 is 5.32 Å². The molecule has 0 bridgehead atoms. The van der Waals surface area contributed by atoms with Crippen molar-refractivity contribution in [1.29, 1.82) is 0 Å². The number of amides is 1. The van der Waals surface area contributed by atoms with Gasteiger partial charge in [-0.25, -0.2) is 0 Å². The molecule has 0 saturated heterocycles. The molecule has 0 unspecified atom stereocenters. The van der Waals surface area contributed by atoms with Crippen LogP contribution >= 0.6 is 11.6 Å². The molecule has 0 fully saturated rings. The minimum absolute atomic E-state index is 0.0471. The molecule has 116 valence electrons. The molecule has 0 radical (unpaired) electrons. The number of halogens is 1. The molecule has 5 nitrogen and oxygen atoms in total. The number of anilines is 1. The van der Waals surface area contributed by atoms with Gasteiger partial charge in [-0.15, -0.1) is 5.10 Å². The molecular weight excluding hydrogens is 314 g/mol. The molecule has 0 aliphatic carbocycles. The number of carbonyl (C=O) groups is 1. The molecule has 0 aliphatic rings. The maximum Gasteiger partial charge on any atom is 0.322 e. The van der Waals surface area contributed by atoms with Crippen LogP contribution in [0.4, 0.5) is 6.01 Å². The molecule has 0 spiro atoms. The van der Waals surface area contributed by atoms with E-state index in [4.69, 9.17) is 16.0 Å². The van der Waals surface area contributed by atoms with Crippen molar-refractivity contribution in [3.63, 3.8) is 0 Å². The second-order valence-corrected chi connectivity index (χ2v) is 5.63. The monoisotopic (exact) mass is 327 g/mol. The van der Waals surface area contributed by atoms with Crippen molar-refractivity contribution in [2.75, 3.05) is 5.32 Å². The third-order valence-corrected chi connectivity index (χ3v) is 3.59. The summed E-state index contributed by atoms with van der Waals surface area (Å²) in [5.41, 5.74) is 3.38. The van der Waals surface area contributed by atoms with Gasteiger partial charge in [-0.1, -0.05) is 40.5 Å². The Morgan fingerprint density at radius 2 is 1.96 bits per heavy atom. The van der Waals surface area contributed by atoms with Crippen molar-refractivity contribution >= 4 is 23.5 Å². The lowest BCUT2D eigenvalue weighted by atomic mass is 10.1. The van der Waals surface area contributed by atoms with Crippen LogP contribution in [0.3, 0.4) is 0 Å². The summed E-state index contributed by atoms with van der Waals surface area (Å²) in [6, 6.07) is 12.6. The van der Waals surface area contributed by atoms with Gasteiger partial charge in [0.25, 0.3) is 5.91 Å². The lowest BCUT2D eigenvalue weighted by Gasteiger charge is -2.02. The number of nitrogens with zero attached hydrogens (tertiary/aromatic N) is 2. The fourth-order valence-electron chi connectivity index (χ4n) is 2.15. The summed E-state index contributed by atoms with van der Waals surface area (Å²) in [7, 11) is 0. The van der Waals surface area contributed by atoms with Crippen molar-refractivity contribution in [2.45, 2.75) is 13.8 Å². The van der Waals surface area contributed by atoms with E-state index in [2.05, 4.69) is 15.5 Å². The molecule has 23 heavy (non-hydrogen) atoms. The van der Waals surface area contributed by atoms with Crippen molar-refractivity contribution < 1.29 is 9.21 Å². The van der Waals surface area contributed by atoms with Crippen LogP contribution in [0.1, 0.15) is 21.5 Å². The Morgan fingerprint density at radius 3 is 2.74 bits per heavy atom. The molecule has 0 saturated carbocycles. The van der Waals surface area contributed by atoms with Gasteiger partial charge in [0.05, 0.1) is 0 Å². The minimum Gasteiger partial charge on any atom is -0.403 e. The number of aryl methyl sites for hydroxylation is 2. The Hall–Kier alpha value is -2.66. The quantitative estimate of drug-likeness (QED) is 0.780. The third kappa shape index (κ3) is 3.40. The normalized spacial score (nSPS) is 10.6. The zero-order valence-electron chi connectivity index (χ0n) is 12.6. The van der Waals surface area contributed by atoms with Gasteiger partial charge in [0.1, 0.15) is 0 Å². The van der Waals surface area contributed by atoms with Crippen LogP contribution in [-0.2, 0) is 0 Å². The zero-order chi connectivity index (χ0) is 16.4. The van der Waals surface area contributed by atoms with Gasteiger partial charge in [-0.3, -0.25) is 10.1 Å². The molecule has 3 aromatic rings. The first-order valence-electron chi connectivity index (χ1n) is 7.01. The summed E-state index contributed by atoms with van der Waals surface area (Å²) < 4.78 is 5.54. The molecule has 3 rings (SSSR count). The standard InChI is InChI=1S/C17H14ClN3O2/c1-10-6-7-11(2)14(8-10)16-20-21-17(23-16)19-15(22)12-4-3-5-13(18)9-12/h3-9H,1-2H3,(H,19,21,22). The molecule has 2 aromatic carbocycles. The van der Waals surface area contributed by atoms with Gasteiger partial charge in [0, 0.05) is 16.1 Å². The lowest BCUT2D eigenvalue weighted by molar-refractivity contribution is 0.102. The topological polar surface area (TPSA) is 68.0 Å². The first-order chi connectivity index (χ1) is 11.0. The second kappa shape index (κ2) is 6.22. The second-order valence-electron chi connectivity index (χ2n) is 5.20. The van der Waals surface area contributed by atoms with Gasteiger partial charge < -0.3 is 4.42 Å². The number of carbonyl (C=O) groups excluding carboxylic acids is 1. The Labute approximate surface area is 138 Å². The molecular formula is C17H14ClN3O2. The average Bonchev–Trinajstić information content (AvgIpc) is 2.98. The van der Waals surface area contributed by atoms with Crippen LogP contribution in [0.2, 0.25) is 5.02 Å². The summed E-state index contributed by atoms with van der Waals surface area (Å²) in [6.45, 7) is 3.95. The third-order valence-electron chi connectivity index (χ3n) is 3.36. The first-order valence-corrected chi connectivity index (χ1v) is 7.39. The van der Waals surface area contributed by atoms with Gasteiger partial charge in [-0.2, -0.15) is 0 Å². The van der Waals surface area contributed by atoms with Crippen molar-refractivity contribution in [3.05, 3.63) is 64.2 Å². The van der Waals surface area contributed by atoms with Crippen LogP contribution in [0.5, 0.6) is 0 Å². The fraction of sp³-hybridized carbons (Fsp3) is 0.118. The summed E-state index contributed by atoms with van der Waals surface area (Å²) in [5.74, 6) is 0.0104. The van der Waals surface area contributed by atoms with E-state index in [0.29, 0.717) is 16.5 Å². The number of hydrogen-bond donors (Lipinski definition) is 1. The molecule has 0 atom stereocenters. The van der Waals surface area contributed by atoms with Gasteiger partial charge in [0.2, 0.25) is 5.89 Å². The van der Waals surface area contributed by atoms with E-state index in [1.165, 1.54) is 0 Å². The highest BCUT2D eigenvalue weighted by atomic mass is 35.5.